The first-order chi connectivity index (χ1) is 5.81. The molecular formula is C10H18O2. The minimum Gasteiger partial charge on any atom is -0.463 e. The van der Waals surface area contributed by atoms with E-state index in [1.165, 1.54) is 18.9 Å². The second kappa shape index (κ2) is 8.31. The molecule has 0 fully saturated rings. The molecular weight excluding hydrogens is 152 g/mol. The van der Waals surface area contributed by atoms with Gasteiger partial charge in [0.15, 0.2) is 0 Å². The third kappa shape index (κ3) is 7.32. The second-order valence-electron chi connectivity index (χ2n) is 2.73. The van der Waals surface area contributed by atoms with Crippen LogP contribution in [0.2, 0.25) is 0 Å². The molecule has 70 valence electrons. The van der Waals surface area contributed by atoms with Crippen LogP contribution in [0.3, 0.4) is 0 Å². The molecule has 0 radical (unpaired) electrons. The maximum Gasteiger partial charge on any atom is 0.330 e. The molecule has 12 heavy (non-hydrogen) atoms. The van der Waals surface area contributed by atoms with Crippen LogP contribution in [0.15, 0.2) is 12.2 Å². The van der Waals surface area contributed by atoms with Gasteiger partial charge in [-0.05, 0) is 13.3 Å². The molecule has 0 N–H and O–H groups in total. The molecule has 2 nitrogen and oxygen atoms in total. The fraction of sp³-hybridized carbons (Fsp3) is 0.700. The van der Waals surface area contributed by atoms with Crippen molar-refractivity contribution >= 4 is 5.97 Å². The summed E-state index contributed by atoms with van der Waals surface area (Å²) >= 11 is 0. The summed E-state index contributed by atoms with van der Waals surface area (Å²) in [5.41, 5.74) is 0. The third-order valence-corrected chi connectivity index (χ3v) is 1.54. The summed E-state index contributed by atoms with van der Waals surface area (Å²) in [6.45, 7) is 4.52. The molecule has 0 aromatic carbocycles. The number of unbranched alkanes of at least 4 members (excludes halogenated alkanes) is 3. The van der Waals surface area contributed by atoms with Crippen molar-refractivity contribution in [2.24, 2.45) is 0 Å². The van der Waals surface area contributed by atoms with Crippen LogP contribution in [-0.4, -0.2) is 12.6 Å². The van der Waals surface area contributed by atoms with E-state index >= 15 is 0 Å². The maximum absolute atomic E-state index is 10.8. The summed E-state index contributed by atoms with van der Waals surface area (Å²) in [7, 11) is 0. The number of allylic oxidation sites excluding steroid dienone is 1. The van der Waals surface area contributed by atoms with Crippen molar-refractivity contribution in [2.75, 3.05) is 6.61 Å². The quantitative estimate of drug-likeness (QED) is 0.348. The van der Waals surface area contributed by atoms with E-state index < -0.39 is 0 Å². The fourth-order valence-electron chi connectivity index (χ4n) is 0.886. The first-order valence-corrected chi connectivity index (χ1v) is 4.60. The fourth-order valence-corrected chi connectivity index (χ4v) is 0.886. The van der Waals surface area contributed by atoms with Gasteiger partial charge in [0.05, 0.1) is 6.61 Å². The molecule has 0 atom stereocenters. The molecule has 0 saturated carbocycles. The zero-order chi connectivity index (χ0) is 9.23. The molecule has 0 aromatic heterocycles. The summed E-state index contributed by atoms with van der Waals surface area (Å²) in [4.78, 5) is 10.8. The van der Waals surface area contributed by atoms with E-state index in [0.717, 1.165) is 12.8 Å². The number of carbonyl (C=O) groups is 1. The predicted molar refractivity (Wildman–Crippen MR) is 49.9 cm³/mol. The van der Waals surface area contributed by atoms with E-state index in [2.05, 4.69) is 6.92 Å². The molecule has 0 heterocycles. The SMILES string of the molecule is C/C=C/C(=O)OCCCCCC. The van der Waals surface area contributed by atoms with Crippen molar-refractivity contribution in [3.05, 3.63) is 12.2 Å². The molecule has 0 aromatic rings. The molecule has 0 spiro atoms. The van der Waals surface area contributed by atoms with E-state index in [9.17, 15) is 4.79 Å². The molecule has 0 aliphatic heterocycles. The van der Waals surface area contributed by atoms with Gasteiger partial charge in [-0.2, -0.15) is 0 Å². The number of ether oxygens (including phenoxy) is 1. The van der Waals surface area contributed by atoms with Gasteiger partial charge in [-0.1, -0.05) is 32.3 Å². The van der Waals surface area contributed by atoms with Crippen molar-refractivity contribution in [2.45, 2.75) is 39.5 Å². The summed E-state index contributed by atoms with van der Waals surface area (Å²) in [6, 6.07) is 0. The smallest absolute Gasteiger partial charge is 0.330 e. The van der Waals surface area contributed by atoms with Crippen LogP contribution < -0.4 is 0 Å². The Balaban J connectivity index is 3.14. The average molecular weight is 170 g/mol. The largest absolute Gasteiger partial charge is 0.463 e. The molecule has 2 heteroatoms. The Bertz CT molecular complexity index is 139. The number of rotatable bonds is 6. The highest BCUT2D eigenvalue weighted by molar-refractivity contribution is 5.81. The lowest BCUT2D eigenvalue weighted by Crippen LogP contribution is -2.01. The summed E-state index contributed by atoms with van der Waals surface area (Å²) in [5, 5.41) is 0. The molecule has 0 aliphatic rings. The van der Waals surface area contributed by atoms with Gasteiger partial charge in [0.1, 0.15) is 0 Å². The maximum atomic E-state index is 10.8. The Morgan fingerprint density at radius 3 is 2.67 bits per heavy atom. The monoisotopic (exact) mass is 170 g/mol. The lowest BCUT2D eigenvalue weighted by molar-refractivity contribution is -0.137. The van der Waals surface area contributed by atoms with Gasteiger partial charge in [0.2, 0.25) is 0 Å². The zero-order valence-corrected chi connectivity index (χ0v) is 8.01. The Kier molecular flexibility index (Phi) is 7.76. The van der Waals surface area contributed by atoms with Gasteiger partial charge in [0.25, 0.3) is 0 Å². The van der Waals surface area contributed by atoms with Crippen LogP contribution in [0.1, 0.15) is 39.5 Å². The molecule has 0 amide bonds. The van der Waals surface area contributed by atoms with E-state index in [-0.39, 0.29) is 5.97 Å². The Morgan fingerprint density at radius 2 is 2.08 bits per heavy atom. The van der Waals surface area contributed by atoms with Crippen LogP contribution >= 0.6 is 0 Å². The number of hydrogen-bond acceptors (Lipinski definition) is 2. The zero-order valence-electron chi connectivity index (χ0n) is 8.01. The molecule has 0 aliphatic carbocycles. The van der Waals surface area contributed by atoms with Crippen molar-refractivity contribution in [1.82, 2.24) is 0 Å². The molecule has 0 saturated heterocycles. The highest BCUT2D eigenvalue weighted by Gasteiger charge is 1.94. The van der Waals surface area contributed by atoms with Crippen molar-refractivity contribution in [3.8, 4) is 0 Å². The van der Waals surface area contributed by atoms with Crippen LogP contribution in [0.4, 0.5) is 0 Å². The standard InChI is InChI=1S/C10H18O2/c1-3-5-6-7-9-12-10(11)8-4-2/h4,8H,3,5-7,9H2,1-2H3/b8-4+. The van der Waals surface area contributed by atoms with Gasteiger partial charge in [-0.15, -0.1) is 0 Å². The third-order valence-electron chi connectivity index (χ3n) is 1.54. The Labute approximate surface area is 74.6 Å². The van der Waals surface area contributed by atoms with Gasteiger partial charge in [0, 0.05) is 6.08 Å². The first-order valence-electron chi connectivity index (χ1n) is 4.60. The highest BCUT2D eigenvalue weighted by Crippen LogP contribution is 1.98. The minimum atomic E-state index is -0.228. The second-order valence-corrected chi connectivity index (χ2v) is 2.73. The van der Waals surface area contributed by atoms with E-state index in [4.69, 9.17) is 4.74 Å². The lowest BCUT2D eigenvalue weighted by atomic mass is 10.2. The summed E-state index contributed by atoms with van der Waals surface area (Å²) in [6.07, 6.45) is 7.70. The van der Waals surface area contributed by atoms with Crippen LogP contribution in [0.5, 0.6) is 0 Å². The Morgan fingerprint density at radius 1 is 1.33 bits per heavy atom. The summed E-state index contributed by atoms with van der Waals surface area (Å²) in [5.74, 6) is -0.228. The highest BCUT2D eigenvalue weighted by atomic mass is 16.5. The van der Waals surface area contributed by atoms with Crippen molar-refractivity contribution < 1.29 is 9.53 Å². The molecule has 0 rings (SSSR count). The van der Waals surface area contributed by atoms with Gasteiger partial charge in [-0.3, -0.25) is 0 Å². The molecule has 0 bridgehead atoms. The van der Waals surface area contributed by atoms with Gasteiger partial charge >= 0.3 is 5.97 Å². The summed E-state index contributed by atoms with van der Waals surface area (Å²) < 4.78 is 4.90. The average Bonchev–Trinajstić information content (AvgIpc) is 2.05. The predicted octanol–water partition coefficient (Wildman–Crippen LogP) is 2.69. The van der Waals surface area contributed by atoms with Gasteiger partial charge < -0.3 is 4.74 Å². The van der Waals surface area contributed by atoms with Crippen LogP contribution in [0, 0.1) is 0 Å². The number of carbonyl (C=O) groups excluding carboxylic acids is 1. The van der Waals surface area contributed by atoms with Crippen LogP contribution in [0.25, 0.3) is 0 Å². The van der Waals surface area contributed by atoms with Crippen molar-refractivity contribution in [3.63, 3.8) is 0 Å². The van der Waals surface area contributed by atoms with Crippen molar-refractivity contribution in [1.29, 1.82) is 0 Å². The Hall–Kier alpha value is -0.790. The van der Waals surface area contributed by atoms with Crippen LogP contribution in [-0.2, 0) is 9.53 Å². The van der Waals surface area contributed by atoms with Gasteiger partial charge in [-0.25, -0.2) is 4.79 Å². The topological polar surface area (TPSA) is 26.3 Å². The van der Waals surface area contributed by atoms with E-state index in [1.54, 1.807) is 13.0 Å². The minimum absolute atomic E-state index is 0.228. The van der Waals surface area contributed by atoms with E-state index in [1.807, 2.05) is 0 Å². The molecule has 0 unspecified atom stereocenters. The van der Waals surface area contributed by atoms with E-state index in [0.29, 0.717) is 6.61 Å². The number of esters is 1. The normalized spacial score (nSPS) is 10.5. The first kappa shape index (κ1) is 11.2. The lowest BCUT2D eigenvalue weighted by Gasteiger charge is -2.00. The number of hydrogen-bond donors (Lipinski definition) is 0.